The number of allylic oxidation sites excluding steroid dienone is 1. The number of hydrogen-bond acceptors (Lipinski definition) is 2. The second kappa shape index (κ2) is 2.99. The number of β-amino-alcohol motifs (C(OH)–C–C–N with tert-alkyl or cyclic N) is 1. The highest BCUT2D eigenvalue weighted by Gasteiger charge is 2.21. The van der Waals surface area contributed by atoms with E-state index in [9.17, 15) is 5.11 Å². The molecule has 0 aromatic heterocycles. The van der Waals surface area contributed by atoms with Gasteiger partial charge in [0.1, 0.15) is 0 Å². The summed E-state index contributed by atoms with van der Waals surface area (Å²) in [4.78, 5) is 0. The van der Waals surface area contributed by atoms with Crippen LogP contribution in [0.25, 0.3) is 0 Å². The van der Waals surface area contributed by atoms with Gasteiger partial charge in [0.05, 0.1) is 6.10 Å². The summed E-state index contributed by atoms with van der Waals surface area (Å²) in [5, 5.41) is 12.3. The highest BCUT2D eigenvalue weighted by molar-refractivity contribution is 4.95. The van der Waals surface area contributed by atoms with Crippen LogP contribution >= 0.6 is 0 Å². The summed E-state index contributed by atoms with van der Waals surface area (Å²) in [7, 11) is 0. The number of aliphatic hydroxyl groups is 1. The van der Waals surface area contributed by atoms with Crippen molar-refractivity contribution in [1.29, 1.82) is 0 Å². The number of rotatable bonds is 1. The third-order valence-electron chi connectivity index (χ3n) is 1.67. The van der Waals surface area contributed by atoms with E-state index < -0.39 is 0 Å². The van der Waals surface area contributed by atoms with E-state index in [-0.39, 0.29) is 6.10 Å². The first kappa shape index (κ1) is 6.78. The van der Waals surface area contributed by atoms with Gasteiger partial charge < -0.3 is 10.4 Å². The minimum atomic E-state index is -0.166. The molecular formula is C7H13NO. The molecule has 0 bridgehead atoms. The van der Waals surface area contributed by atoms with E-state index in [0.717, 1.165) is 13.1 Å². The molecule has 0 aromatic rings. The molecule has 2 N–H and O–H groups in total. The van der Waals surface area contributed by atoms with Gasteiger partial charge in [0.15, 0.2) is 0 Å². The van der Waals surface area contributed by atoms with Crippen molar-refractivity contribution in [2.75, 3.05) is 13.1 Å². The number of aliphatic hydroxyl groups excluding tert-OH is 1. The lowest BCUT2D eigenvalue weighted by Gasteiger charge is -2.05. The fourth-order valence-electron chi connectivity index (χ4n) is 1.13. The first-order valence-electron chi connectivity index (χ1n) is 3.36. The molecule has 1 aliphatic rings. The Kier molecular flexibility index (Phi) is 2.25. The Bertz CT molecular complexity index is 111. The van der Waals surface area contributed by atoms with Crippen molar-refractivity contribution in [2.24, 2.45) is 5.92 Å². The zero-order valence-electron chi connectivity index (χ0n) is 5.67. The molecular weight excluding hydrogens is 114 g/mol. The molecule has 1 fully saturated rings. The Morgan fingerprint density at radius 2 is 2.33 bits per heavy atom. The summed E-state index contributed by atoms with van der Waals surface area (Å²) in [6, 6.07) is 0. The van der Waals surface area contributed by atoms with Crippen molar-refractivity contribution in [3.63, 3.8) is 0 Å². The van der Waals surface area contributed by atoms with Gasteiger partial charge >= 0.3 is 0 Å². The molecule has 0 radical (unpaired) electrons. The molecule has 9 heavy (non-hydrogen) atoms. The lowest BCUT2D eigenvalue weighted by molar-refractivity contribution is 0.167. The largest absolute Gasteiger partial charge is 0.391 e. The molecule has 2 nitrogen and oxygen atoms in total. The van der Waals surface area contributed by atoms with Crippen LogP contribution in [0.5, 0.6) is 0 Å². The fraction of sp³-hybridized carbons (Fsp3) is 0.714. The predicted molar refractivity (Wildman–Crippen MR) is 37.2 cm³/mol. The van der Waals surface area contributed by atoms with E-state index in [1.807, 2.05) is 19.1 Å². The van der Waals surface area contributed by atoms with Crippen molar-refractivity contribution in [3.8, 4) is 0 Å². The minimum absolute atomic E-state index is 0.166. The second-order valence-corrected chi connectivity index (χ2v) is 2.42. The summed E-state index contributed by atoms with van der Waals surface area (Å²) in [6.45, 7) is 3.64. The molecule has 1 rings (SSSR count). The molecule has 0 aliphatic carbocycles. The Morgan fingerprint density at radius 3 is 2.78 bits per heavy atom. The fourth-order valence-corrected chi connectivity index (χ4v) is 1.13. The summed E-state index contributed by atoms with van der Waals surface area (Å²) in [6.07, 6.45) is 3.87. The van der Waals surface area contributed by atoms with Crippen molar-refractivity contribution in [2.45, 2.75) is 13.0 Å². The van der Waals surface area contributed by atoms with Gasteiger partial charge in [-0.2, -0.15) is 0 Å². The van der Waals surface area contributed by atoms with Crippen LogP contribution in [0.15, 0.2) is 12.2 Å². The van der Waals surface area contributed by atoms with Crippen LogP contribution in [-0.4, -0.2) is 24.3 Å². The number of hydrogen-bond donors (Lipinski definition) is 2. The Morgan fingerprint density at radius 1 is 1.56 bits per heavy atom. The third kappa shape index (κ3) is 1.53. The van der Waals surface area contributed by atoms with Gasteiger partial charge in [-0.05, 0) is 6.92 Å². The zero-order valence-corrected chi connectivity index (χ0v) is 5.67. The maximum atomic E-state index is 9.21. The molecule has 2 unspecified atom stereocenters. The van der Waals surface area contributed by atoms with Crippen LogP contribution in [0.3, 0.4) is 0 Å². The molecule has 0 saturated carbocycles. The monoisotopic (exact) mass is 127 g/mol. The van der Waals surface area contributed by atoms with E-state index in [4.69, 9.17) is 0 Å². The van der Waals surface area contributed by atoms with Crippen molar-refractivity contribution in [3.05, 3.63) is 12.2 Å². The van der Waals surface area contributed by atoms with Gasteiger partial charge in [-0.25, -0.2) is 0 Å². The van der Waals surface area contributed by atoms with Crippen molar-refractivity contribution >= 4 is 0 Å². The second-order valence-electron chi connectivity index (χ2n) is 2.42. The smallest absolute Gasteiger partial charge is 0.0739 e. The lowest BCUT2D eigenvalue weighted by Crippen LogP contribution is -2.15. The van der Waals surface area contributed by atoms with E-state index >= 15 is 0 Å². The van der Waals surface area contributed by atoms with Gasteiger partial charge in [-0.1, -0.05) is 12.2 Å². The van der Waals surface area contributed by atoms with Crippen LogP contribution in [0.4, 0.5) is 0 Å². The predicted octanol–water partition coefficient (Wildman–Crippen LogP) is 0.143. The van der Waals surface area contributed by atoms with E-state index in [1.54, 1.807) is 0 Å². The third-order valence-corrected chi connectivity index (χ3v) is 1.67. The van der Waals surface area contributed by atoms with E-state index in [1.165, 1.54) is 0 Å². The van der Waals surface area contributed by atoms with Gasteiger partial charge in [0.25, 0.3) is 0 Å². The summed E-state index contributed by atoms with van der Waals surface area (Å²) < 4.78 is 0. The molecule has 0 aromatic carbocycles. The quantitative estimate of drug-likeness (QED) is 0.491. The summed E-state index contributed by atoms with van der Waals surface area (Å²) in [5.41, 5.74) is 0. The Balaban J connectivity index is 2.39. The minimum Gasteiger partial charge on any atom is -0.391 e. The Hall–Kier alpha value is -0.340. The summed E-state index contributed by atoms with van der Waals surface area (Å²) >= 11 is 0. The highest BCUT2D eigenvalue weighted by Crippen LogP contribution is 2.09. The van der Waals surface area contributed by atoms with Crippen LogP contribution in [0, 0.1) is 5.92 Å². The van der Waals surface area contributed by atoms with Crippen LogP contribution in [0.1, 0.15) is 6.92 Å². The molecule has 1 saturated heterocycles. The van der Waals surface area contributed by atoms with E-state index in [0.29, 0.717) is 5.92 Å². The SMILES string of the molecule is CC=CC1CNCC1O. The first-order chi connectivity index (χ1) is 4.34. The Labute approximate surface area is 55.6 Å². The molecule has 0 spiro atoms. The van der Waals surface area contributed by atoms with Crippen molar-refractivity contribution < 1.29 is 5.11 Å². The van der Waals surface area contributed by atoms with Crippen LogP contribution < -0.4 is 5.32 Å². The maximum absolute atomic E-state index is 9.21. The van der Waals surface area contributed by atoms with Crippen LogP contribution in [0.2, 0.25) is 0 Å². The molecule has 52 valence electrons. The molecule has 2 heteroatoms. The topological polar surface area (TPSA) is 32.3 Å². The van der Waals surface area contributed by atoms with E-state index in [2.05, 4.69) is 5.32 Å². The normalized spacial score (nSPS) is 36.2. The average Bonchev–Trinajstić information content (AvgIpc) is 2.18. The van der Waals surface area contributed by atoms with Crippen LogP contribution in [-0.2, 0) is 0 Å². The lowest BCUT2D eigenvalue weighted by atomic mass is 10.1. The van der Waals surface area contributed by atoms with Gasteiger partial charge in [0.2, 0.25) is 0 Å². The zero-order chi connectivity index (χ0) is 6.69. The maximum Gasteiger partial charge on any atom is 0.0739 e. The van der Waals surface area contributed by atoms with Gasteiger partial charge in [0, 0.05) is 19.0 Å². The first-order valence-corrected chi connectivity index (χ1v) is 3.36. The number of nitrogens with one attached hydrogen (secondary N) is 1. The molecule has 2 atom stereocenters. The van der Waals surface area contributed by atoms with Gasteiger partial charge in [-0.15, -0.1) is 0 Å². The van der Waals surface area contributed by atoms with Crippen molar-refractivity contribution in [1.82, 2.24) is 5.32 Å². The molecule has 0 amide bonds. The van der Waals surface area contributed by atoms with Gasteiger partial charge in [-0.3, -0.25) is 0 Å². The molecule has 1 heterocycles. The highest BCUT2D eigenvalue weighted by atomic mass is 16.3. The average molecular weight is 127 g/mol. The summed E-state index contributed by atoms with van der Waals surface area (Å²) in [5.74, 6) is 0.343. The molecule has 1 aliphatic heterocycles. The standard InChI is InChI=1S/C7H13NO/c1-2-3-6-4-8-5-7(6)9/h2-3,6-9H,4-5H2,1H3.